The summed E-state index contributed by atoms with van der Waals surface area (Å²) in [4.78, 5) is 75.2. The number of hydrogen-bond acceptors (Lipinski definition) is 22. The van der Waals surface area contributed by atoms with Crippen LogP contribution in [-0.4, -0.2) is 231 Å². The highest BCUT2D eigenvalue weighted by Crippen LogP contribution is 2.43. The lowest BCUT2D eigenvalue weighted by atomic mass is 9.97. The summed E-state index contributed by atoms with van der Waals surface area (Å²) < 4.78 is 55.1. The second-order valence-corrected chi connectivity index (χ2v) is 19.1. The van der Waals surface area contributed by atoms with Crippen LogP contribution in [0.15, 0.2) is 0 Å². The maximum absolute atomic E-state index is 13.3. The molecule has 71 heavy (non-hydrogen) atoms. The Morgan fingerprint density at radius 2 is 1.13 bits per heavy atom. The van der Waals surface area contributed by atoms with Gasteiger partial charge in [0.25, 0.3) is 7.82 Å². The van der Waals surface area contributed by atoms with E-state index in [0.717, 1.165) is 0 Å². The fourth-order valence-corrected chi connectivity index (χ4v) is 8.23. The van der Waals surface area contributed by atoms with E-state index in [-0.39, 0.29) is 103 Å². The van der Waals surface area contributed by atoms with Crippen LogP contribution in [0.1, 0.15) is 79.6 Å². The minimum atomic E-state index is -4.48. The van der Waals surface area contributed by atoms with Crippen molar-refractivity contribution in [1.82, 2.24) is 31.5 Å². The quantitative estimate of drug-likeness (QED) is 0.0209. The normalized spacial score (nSPS) is 25.5. The lowest BCUT2D eigenvalue weighted by Gasteiger charge is -2.42. The van der Waals surface area contributed by atoms with Gasteiger partial charge in [0.2, 0.25) is 29.5 Å². The fraction of sp³-hybridized carbons (Fsp3) is 0.884. The minimum Gasteiger partial charge on any atom is -0.756 e. The highest BCUT2D eigenvalue weighted by Gasteiger charge is 2.46. The van der Waals surface area contributed by atoms with E-state index in [9.17, 15) is 64.1 Å². The van der Waals surface area contributed by atoms with E-state index in [1.807, 2.05) is 0 Å². The Bertz CT molecular complexity index is 1620. The van der Waals surface area contributed by atoms with Crippen LogP contribution in [0.5, 0.6) is 0 Å². The molecule has 414 valence electrons. The predicted octanol–water partition coefficient (Wildman–Crippen LogP) is -4.38. The van der Waals surface area contributed by atoms with Crippen molar-refractivity contribution in [3.63, 3.8) is 0 Å². The van der Waals surface area contributed by atoms with E-state index in [2.05, 4.69) is 26.6 Å². The lowest BCUT2D eigenvalue weighted by Crippen LogP contribution is -2.64. The molecule has 0 radical (unpaired) electrons. The second-order valence-electron chi connectivity index (χ2n) is 17.8. The smallest absolute Gasteiger partial charge is 0.268 e. The van der Waals surface area contributed by atoms with Gasteiger partial charge >= 0.3 is 0 Å². The number of aliphatic hydroxyl groups is 6. The van der Waals surface area contributed by atoms with Crippen LogP contribution in [0.2, 0.25) is 0 Å². The zero-order valence-electron chi connectivity index (χ0n) is 41.5. The molecule has 2 fully saturated rings. The highest BCUT2D eigenvalue weighted by atomic mass is 31.2. The molecule has 2 aliphatic rings. The Morgan fingerprint density at radius 3 is 1.61 bits per heavy atom. The molecule has 2 saturated heterocycles. The third-order valence-corrected chi connectivity index (χ3v) is 11.9. The standard InChI is InChI=1S/C43H81N6O21P/c1-28(52)47-35-39(59)37(57)30(26-50)68-41(35)65-24-22-63-20-15-45-32(54)11-14-44-13-9-17-49(34(56)10-7-6-8-19-67-71(61,62)70-43(3,4)5)18-12-33(55)46-16-21-64-23-25-66-42-36(48-29(2)53)40(60)38(58)31(27-51)69-42/h30-31,35-42,44,50-51,57-60H,6-27H2,1-5H3,(H,45,54)(H,46,55)(H,47,52)(H,48,53)(H,61,62)/p-1. The van der Waals surface area contributed by atoms with Crippen LogP contribution in [0.4, 0.5) is 0 Å². The van der Waals surface area contributed by atoms with Crippen molar-refractivity contribution >= 4 is 37.4 Å². The van der Waals surface area contributed by atoms with E-state index in [1.54, 1.807) is 25.7 Å². The van der Waals surface area contributed by atoms with Crippen molar-refractivity contribution in [2.45, 2.75) is 146 Å². The molecule has 0 aliphatic carbocycles. The summed E-state index contributed by atoms with van der Waals surface area (Å²) in [5.41, 5.74) is -0.935. The Balaban J connectivity index is 1.72. The number of carbonyl (C=O) groups excluding carboxylic acids is 5. The van der Waals surface area contributed by atoms with Gasteiger partial charge in [-0.3, -0.25) is 28.5 Å². The highest BCUT2D eigenvalue weighted by molar-refractivity contribution is 7.45. The number of hydrogen-bond donors (Lipinski definition) is 11. The van der Waals surface area contributed by atoms with E-state index in [0.29, 0.717) is 45.3 Å². The van der Waals surface area contributed by atoms with Crippen molar-refractivity contribution in [2.75, 3.05) is 98.7 Å². The first-order chi connectivity index (χ1) is 33.6. The fourth-order valence-electron chi connectivity index (χ4n) is 7.15. The van der Waals surface area contributed by atoms with Crippen LogP contribution >= 0.6 is 7.82 Å². The number of amides is 5. The van der Waals surface area contributed by atoms with Crippen molar-refractivity contribution in [1.29, 1.82) is 0 Å². The molecule has 0 saturated carbocycles. The first-order valence-corrected chi connectivity index (χ1v) is 25.4. The SMILES string of the molecule is CC(=O)NC1C(OCCOCCNC(=O)CCNCCCN(CCC(=O)NCCOCCOC2OC(CO)C(O)C(O)C2NC(C)=O)C(=O)CCCCCOP(=O)([O-])OC(C)(C)C)OC(CO)C(O)C1O. The molecule has 11 unspecified atom stereocenters. The minimum absolute atomic E-state index is 0.00244. The van der Waals surface area contributed by atoms with Gasteiger partial charge in [0.05, 0.1) is 65.1 Å². The van der Waals surface area contributed by atoms with Gasteiger partial charge in [-0.2, -0.15) is 0 Å². The number of unbranched alkanes of at least 4 members (excludes halogenated alkanes) is 2. The number of nitrogens with zero attached hydrogens (tertiary/aromatic N) is 1. The molecule has 0 aromatic carbocycles. The van der Waals surface area contributed by atoms with Gasteiger partial charge in [0, 0.05) is 65.8 Å². The lowest BCUT2D eigenvalue weighted by molar-refractivity contribution is -0.272. The van der Waals surface area contributed by atoms with Crippen LogP contribution in [0, 0.1) is 0 Å². The maximum atomic E-state index is 13.3. The Labute approximate surface area is 414 Å². The zero-order chi connectivity index (χ0) is 53.0. The third kappa shape index (κ3) is 26.6. The first kappa shape index (κ1) is 64.1. The number of aliphatic hydroxyl groups excluding tert-OH is 6. The van der Waals surface area contributed by atoms with E-state index in [1.165, 1.54) is 13.8 Å². The molecule has 11 atom stereocenters. The van der Waals surface area contributed by atoms with Crippen molar-refractivity contribution in [3.05, 3.63) is 0 Å². The van der Waals surface area contributed by atoms with Crippen LogP contribution < -0.4 is 31.5 Å². The summed E-state index contributed by atoms with van der Waals surface area (Å²) in [6, 6.07) is -2.17. The summed E-state index contributed by atoms with van der Waals surface area (Å²) in [5, 5.41) is 73.5. The molecule has 28 heteroatoms. The molecule has 2 heterocycles. The van der Waals surface area contributed by atoms with Crippen LogP contribution in [0.3, 0.4) is 0 Å². The summed E-state index contributed by atoms with van der Waals surface area (Å²) in [6.45, 7) is 7.90. The molecule has 0 aromatic rings. The number of rotatable bonds is 36. The van der Waals surface area contributed by atoms with E-state index < -0.39 is 99.7 Å². The van der Waals surface area contributed by atoms with Gasteiger partial charge in [0.15, 0.2) is 12.6 Å². The second kappa shape index (κ2) is 34.4. The number of phosphoric ester groups is 1. The van der Waals surface area contributed by atoms with E-state index >= 15 is 0 Å². The summed E-state index contributed by atoms with van der Waals surface area (Å²) in [7, 11) is -4.48. The first-order valence-electron chi connectivity index (χ1n) is 23.9. The molecule has 2 rings (SSSR count). The number of carbonyl (C=O) groups is 5. The van der Waals surface area contributed by atoms with Crippen molar-refractivity contribution in [2.24, 2.45) is 0 Å². The zero-order valence-corrected chi connectivity index (χ0v) is 42.4. The Kier molecular flexibility index (Phi) is 31.1. The van der Waals surface area contributed by atoms with Gasteiger partial charge in [-0.25, -0.2) is 0 Å². The van der Waals surface area contributed by atoms with E-state index in [4.69, 9.17) is 37.5 Å². The summed E-state index contributed by atoms with van der Waals surface area (Å²) in [5.74, 6) is -1.72. The molecule has 0 aromatic heterocycles. The third-order valence-electron chi connectivity index (χ3n) is 10.6. The van der Waals surface area contributed by atoms with Gasteiger partial charge in [-0.05, 0) is 46.6 Å². The molecule has 0 spiro atoms. The number of nitrogens with one attached hydrogen (secondary N) is 5. The average Bonchev–Trinajstić information content (AvgIpc) is 3.29. The summed E-state index contributed by atoms with van der Waals surface area (Å²) >= 11 is 0. The number of ether oxygens (including phenoxy) is 6. The van der Waals surface area contributed by atoms with Gasteiger partial charge in [-0.15, -0.1) is 0 Å². The molecule has 5 amide bonds. The molecule has 0 bridgehead atoms. The number of phosphoric acid groups is 1. The molecular formula is C43H80N6O21P-. The molecule has 27 nitrogen and oxygen atoms in total. The topological polar surface area (TPSA) is 384 Å². The monoisotopic (exact) mass is 1050 g/mol. The van der Waals surface area contributed by atoms with Crippen LogP contribution in [-0.2, 0) is 66.0 Å². The molecular weight excluding hydrogens is 967 g/mol. The van der Waals surface area contributed by atoms with Crippen molar-refractivity contribution in [3.8, 4) is 0 Å². The molecule has 11 N–H and O–H groups in total. The molecule has 2 aliphatic heterocycles. The Morgan fingerprint density at radius 1 is 0.620 bits per heavy atom. The largest absolute Gasteiger partial charge is 0.756 e. The predicted molar refractivity (Wildman–Crippen MR) is 246 cm³/mol. The maximum Gasteiger partial charge on any atom is 0.268 e. The van der Waals surface area contributed by atoms with Gasteiger partial charge in [-0.1, -0.05) is 6.42 Å². The Hall–Kier alpha value is -3.06. The van der Waals surface area contributed by atoms with Crippen LogP contribution in [0.25, 0.3) is 0 Å². The average molecular weight is 1050 g/mol. The van der Waals surface area contributed by atoms with Crippen molar-refractivity contribution < 1.29 is 102 Å². The summed E-state index contributed by atoms with van der Waals surface area (Å²) in [6.07, 6.45) is -8.19. The van der Waals surface area contributed by atoms with Gasteiger partial charge < -0.3 is 104 Å². The van der Waals surface area contributed by atoms with Gasteiger partial charge in [0.1, 0.15) is 48.7 Å².